The molecule has 1 N–H and O–H groups in total. The summed E-state index contributed by atoms with van der Waals surface area (Å²) in [6.45, 7) is 10.0. The quantitative estimate of drug-likeness (QED) is 0.805. The Hall–Kier alpha value is -1.01. The summed E-state index contributed by atoms with van der Waals surface area (Å²) < 4.78 is 7.64. The smallest absolute Gasteiger partial charge is 0.165 e. The summed E-state index contributed by atoms with van der Waals surface area (Å²) in [7, 11) is 0. The van der Waals surface area contributed by atoms with Gasteiger partial charge in [-0.05, 0) is 35.7 Å². The van der Waals surface area contributed by atoms with E-state index in [-0.39, 0.29) is 0 Å². The Morgan fingerprint density at radius 1 is 1.47 bits per heavy atom. The molecule has 1 saturated heterocycles. The van der Waals surface area contributed by atoms with Gasteiger partial charge in [-0.1, -0.05) is 20.8 Å². The van der Waals surface area contributed by atoms with Crippen LogP contribution in [0, 0.1) is 11.8 Å². The van der Waals surface area contributed by atoms with Crippen LogP contribution in [0.25, 0.3) is 0 Å². The van der Waals surface area contributed by atoms with E-state index >= 15 is 0 Å². The lowest BCUT2D eigenvalue weighted by Crippen LogP contribution is -2.25. The van der Waals surface area contributed by atoms with Crippen LogP contribution in [0.4, 0.5) is 0 Å². The summed E-state index contributed by atoms with van der Waals surface area (Å²) in [6, 6.07) is 0. The molecule has 0 amide bonds. The first-order valence-electron chi connectivity index (χ1n) is 7.28. The lowest BCUT2D eigenvalue weighted by Gasteiger charge is -2.17. The summed E-state index contributed by atoms with van der Waals surface area (Å²) in [6.07, 6.45) is 2.53. The van der Waals surface area contributed by atoms with Crippen LogP contribution in [-0.4, -0.2) is 39.5 Å². The van der Waals surface area contributed by atoms with Gasteiger partial charge in [-0.25, -0.2) is 4.68 Å². The van der Waals surface area contributed by atoms with Crippen molar-refractivity contribution in [1.82, 2.24) is 25.5 Å². The van der Waals surface area contributed by atoms with E-state index in [1.807, 2.05) is 4.68 Å². The Bertz CT molecular complexity index is 379. The Labute approximate surface area is 114 Å². The van der Waals surface area contributed by atoms with Crippen LogP contribution >= 0.6 is 0 Å². The molecule has 2 heterocycles. The largest absolute Gasteiger partial charge is 0.378 e. The highest BCUT2D eigenvalue weighted by molar-refractivity contribution is 4.83. The molecule has 1 aromatic rings. The summed E-state index contributed by atoms with van der Waals surface area (Å²) in [5.74, 6) is 2.09. The highest BCUT2D eigenvalue weighted by atomic mass is 16.5. The van der Waals surface area contributed by atoms with Crippen molar-refractivity contribution in [3.05, 3.63) is 5.82 Å². The Kier molecular flexibility index (Phi) is 5.27. The number of hydrogen-bond acceptors (Lipinski definition) is 5. The summed E-state index contributed by atoms with van der Waals surface area (Å²) in [5.41, 5.74) is 0. The number of nitrogens with one attached hydrogen (secondary N) is 1. The lowest BCUT2D eigenvalue weighted by molar-refractivity contribution is 0.0821. The molecule has 2 rings (SSSR count). The zero-order chi connectivity index (χ0) is 13.7. The highest BCUT2D eigenvalue weighted by Crippen LogP contribution is 2.24. The maximum Gasteiger partial charge on any atom is 0.165 e. The number of ether oxygens (including phenoxy) is 1. The van der Waals surface area contributed by atoms with E-state index in [4.69, 9.17) is 4.74 Å². The predicted octanol–water partition coefficient (Wildman–Crippen LogP) is 1.23. The van der Waals surface area contributed by atoms with Crippen molar-refractivity contribution in [1.29, 1.82) is 0 Å². The topological polar surface area (TPSA) is 64.9 Å². The fourth-order valence-electron chi connectivity index (χ4n) is 2.54. The molecular formula is C13H25N5O. The van der Waals surface area contributed by atoms with Crippen LogP contribution in [0.15, 0.2) is 0 Å². The second kappa shape index (κ2) is 6.96. The van der Waals surface area contributed by atoms with Crippen LogP contribution < -0.4 is 5.32 Å². The third-order valence-electron chi connectivity index (χ3n) is 3.60. The van der Waals surface area contributed by atoms with Gasteiger partial charge in [-0.3, -0.25) is 0 Å². The van der Waals surface area contributed by atoms with E-state index in [0.717, 1.165) is 44.9 Å². The second-order valence-electron chi connectivity index (χ2n) is 5.67. The van der Waals surface area contributed by atoms with Crippen molar-refractivity contribution in [3.63, 3.8) is 0 Å². The SMILES string of the molecule is CCC1OCCC1Cn1nnnc1CNCC(C)C. The Morgan fingerprint density at radius 3 is 3.05 bits per heavy atom. The van der Waals surface area contributed by atoms with Gasteiger partial charge in [0, 0.05) is 12.5 Å². The van der Waals surface area contributed by atoms with Crippen LogP contribution in [0.2, 0.25) is 0 Å². The van der Waals surface area contributed by atoms with Gasteiger partial charge in [0.1, 0.15) is 0 Å². The van der Waals surface area contributed by atoms with E-state index in [1.54, 1.807) is 0 Å². The van der Waals surface area contributed by atoms with E-state index < -0.39 is 0 Å². The molecule has 0 spiro atoms. The molecule has 1 fully saturated rings. The molecule has 1 aliphatic heterocycles. The van der Waals surface area contributed by atoms with Crippen LogP contribution in [0.1, 0.15) is 39.4 Å². The summed E-state index contributed by atoms with van der Waals surface area (Å²) in [4.78, 5) is 0. The van der Waals surface area contributed by atoms with Gasteiger partial charge in [-0.15, -0.1) is 5.10 Å². The molecule has 19 heavy (non-hydrogen) atoms. The first-order chi connectivity index (χ1) is 9.20. The Morgan fingerprint density at radius 2 is 2.32 bits per heavy atom. The number of rotatable bonds is 7. The maximum atomic E-state index is 5.72. The lowest BCUT2D eigenvalue weighted by atomic mass is 10.00. The van der Waals surface area contributed by atoms with E-state index in [1.165, 1.54) is 0 Å². The summed E-state index contributed by atoms with van der Waals surface area (Å²) >= 11 is 0. The molecule has 6 heteroatoms. The van der Waals surface area contributed by atoms with Gasteiger partial charge in [-0.2, -0.15) is 0 Å². The summed E-state index contributed by atoms with van der Waals surface area (Å²) in [5, 5.41) is 15.4. The Balaban J connectivity index is 1.88. The molecular weight excluding hydrogens is 242 g/mol. The molecule has 1 aliphatic rings. The van der Waals surface area contributed by atoms with E-state index in [0.29, 0.717) is 17.9 Å². The fourth-order valence-corrected chi connectivity index (χ4v) is 2.54. The fraction of sp³-hybridized carbons (Fsp3) is 0.923. The van der Waals surface area contributed by atoms with Gasteiger partial charge in [0.05, 0.1) is 19.2 Å². The molecule has 1 aromatic heterocycles. The molecule has 0 aliphatic carbocycles. The minimum Gasteiger partial charge on any atom is -0.378 e. The van der Waals surface area contributed by atoms with Gasteiger partial charge < -0.3 is 10.1 Å². The molecule has 2 unspecified atom stereocenters. The first kappa shape index (κ1) is 14.4. The minimum absolute atomic E-state index is 0.362. The average molecular weight is 267 g/mol. The maximum absolute atomic E-state index is 5.72. The monoisotopic (exact) mass is 267 g/mol. The van der Waals surface area contributed by atoms with Crippen molar-refractivity contribution >= 4 is 0 Å². The zero-order valence-electron chi connectivity index (χ0n) is 12.2. The molecule has 108 valence electrons. The predicted molar refractivity (Wildman–Crippen MR) is 72.5 cm³/mol. The van der Waals surface area contributed by atoms with Crippen LogP contribution in [0.3, 0.4) is 0 Å². The molecule has 0 aromatic carbocycles. The van der Waals surface area contributed by atoms with Gasteiger partial charge in [0.25, 0.3) is 0 Å². The van der Waals surface area contributed by atoms with Crippen molar-refractivity contribution < 1.29 is 4.74 Å². The average Bonchev–Trinajstić information content (AvgIpc) is 2.99. The third-order valence-corrected chi connectivity index (χ3v) is 3.60. The minimum atomic E-state index is 0.362. The molecule has 6 nitrogen and oxygen atoms in total. The zero-order valence-corrected chi connectivity index (χ0v) is 12.2. The number of hydrogen-bond donors (Lipinski definition) is 1. The standard InChI is InChI=1S/C13H25N5O/c1-4-12-11(5-6-19-12)9-18-13(15-16-17-18)8-14-7-10(2)3/h10-12,14H,4-9H2,1-3H3. The molecule has 0 saturated carbocycles. The van der Waals surface area contributed by atoms with E-state index in [2.05, 4.69) is 41.6 Å². The van der Waals surface area contributed by atoms with Crippen molar-refractivity contribution in [3.8, 4) is 0 Å². The van der Waals surface area contributed by atoms with Crippen molar-refractivity contribution in [2.75, 3.05) is 13.2 Å². The third kappa shape index (κ3) is 3.98. The normalized spacial score (nSPS) is 23.4. The van der Waals surface area contributed by atoms with Crippen molar-refractivity contribution in [2.45, 2.75) is 52.8 Å². The first-order valence-corrected chi connectivity index (χ1v) is 7.28. The van der Waals surface area contributed by atoms with Gasteiger partial charge >= 0.3 is 0 Å². The van der Waals surface area contributed by atoms with Gasteiger partial charge in [0.15, 0.2) is 5.82 Å². The van der Waals surface area contributed by atoms with Crippen molar-refractivity contribution in [2.24, 2.45) is 11.8 Å². The van der Waals surface area contributed by atoms with Crippen LogP contribution in [-0.2, 0) is 17.8 Å². The van der Waals surface area contributed by atoms with Crippen LogP contribution in [0.5, 0.6) is 0 Å². The highest BCUT2D eigenvalue weighted by Gasteiger charge is 2.28. The molecule has 0 radical (unpaired) electrons. The molecule has 0 bridgehead atoms. The number of nitrogens with zero attached hydrogens (tertiary/aromatic N) is 4. The van der Waals surface area contributed by atoms with E-state index in [9.17, 15) is 0 Å². The van der Waals surface area contributed by atoms with Gasteiger partial charge in [0.2, 0.25) is 0 Å². The molecule has 2 atom stereocenters. The number of aromatic nitrogens is 4. The second-order valence-corrected chi connectivity index (χ2v) is 5.67. The number of tetrazole rings is 1.